The topological polar surface area (TPSA) is 128 Å². The fourth-order valence-electron chi connectivity index (χ4n) is 3.97. The van der Waals surface area contributed by atoms with Crippen LogP contribution < -0.4 is 10.1 Å². The Hall–Kier alpha value is -3.53. The molecule has 1 aliphatic rings. The number of nitrogens with one attached hydrogen (secondary N) is 1. The molecule has 0 bridgehead atoms. The highest BCUT2D eigenvalue weighted by Gasteiger charge is 2.26. The molecule has 2 N–H and O–H groups in total. The predicted octanol–water partition coefficient (Wildman–Crippen LogP) is 2.93. The first-order valence-electron chi connectivity index (χ1n) is 11.0. The van der Waals surface area contributed by atoms with E-state index in [0.717, 1.165) is 31.2 Å². The molecule has 33 heavy (non-hydrogen) atoms. The molecule has 10 nitrogen and oxygen atoms in total. The smallest absolute Gasteiger partial charge is 0.332 e. The number of carbonyl (C=O) groups excluding carboxylic acids is 1. The van der Waals surface area contributed by atoms with Gasteiger partial charge in [-0.2, -0.15) is 15.0 Å². The maximum atomic E-state index is 12.9. The molecule has 1 atom stereocenters. The number of rotatable bonds is 8. The Kier molecular flexibility index (Phi) is 6.83. The van der Waals surface area contributed by atoms with Crippen molar-refractivity contribution in [1.82, 2.24) is 25.3 Å². The van der Waals surface area contributed by atoms with Crippen molar-refractivity contribution in [3.05, 3.63) is 42.1 Å². The predicted molar refractivity (Wildman–Crippen MR) is 119 cm³/mol. The van der Waals surface area contributed by atoms with Crippen molar-refractivity contribution in [1.29, 1.82) is 0 Å². The molecular weight excluding hydrogens is 426 g/mol. The van der Waals surface area contributed by atoms with Crippen LogP contribution in [0.25, 0.3) is 11.0 Å². The number of aliphatic carboxylic acids is 1. The van der Waals surface area contributed by atoms with E-state index in [1.165, 1.54) is 4.80 Å². The zero-order valence-electron chi connectivity index (χ0n) is 18.6. The van der Waals surface area contributed by atoms with Gasteiger partial charge in [0.15, 0.2) is 6.10 Å². The SMILES string of the molecule is C[C@@H](OC1CCC(CNC(=O)c2cccnc2Oc2ccc3nn(C)nc3c2)CC1)C(=O)O. The fraction of sp³-hybridized carbons (Fsp3) is 0.435. The number of ether oxygens (including phenoxy) is 2. The maximum Gasteiger partial charge on any atom is 0.332 e. The molecule has 1 aliphatic carbocycles. The number of benzene rings is 1. The van der Waals surface area contributed by atoms with Crippen molar-refractivity contribution in [2.45, 2.75) is 44.8 Å². The van der Waals surface area contributed by atoms with Gasteiger partial charge >= 0.3 is 5.97 Å². The highest BCUT2D eigenvalue weighted by Crippen LogP contribution is 2.28. The zero-order valence-corrected chi connectivity index (χ0v) is 18.6. The average Bonchev–Trinajstić information content (AvgIpc) is 3.18. The van der Waals surface area contributed by atoms with Crippen LogP contribution in [0.2, 0.25) is 0 Å². The third kappa shape index (κ3) is 5.64. The van der Waals surface area contributed by atoms with E-state index in [1.807, 2.05) is 0 Å². The number of pyridine rings is 1. The molecule has 2 aromatic heterocycles. The van der Waals surface area contributed by atoms with E-state index in [1.54, 1.807) is 50.5 Å². The fourth-order valence-corrected chi connectivity index (χ4v) is 3.97. The molecule has 1 aromatic carbocycles. The lowest BCUT2D eigenvalue weighted by Crippen LogP contribution is -2.34. The van der Waals surface area contributed by atoms with Crippen molar-refractivity contribution < 1.29 is 24.2 Å². The summed E-state index contributed by atoms with van der Waals surface area (Å²) in [7, 11) is 1.75. The van der Waals surface area contributed by atoms with Gasteiger partial charge in [-0.05, 0) is 62.8 Å². The third-order valence-corrected chi connectivity index (χ3v) is 5.77. The van der Waals surface area contributed by atoms with E-state index in [4.69, 9.17) is 14.6 Å². The monoisotopic (exact) mass is 453 g/mol. The number of hydrogen-bond acceptors (Lipinski definition) is 7. The van der Waals surface area contributed by atoms with Gasteiger partial charge in [-0.1, -0.05) is 0 Å². The van der Waals surface area contributed by atoms with Gasteiger partial charge in [-0.3, -0.25) is 4.79 Å². The molecule has 0 spiro atoms. The second-order valence-electron chi connectivity index (χ2n) is 8.27. The van der Waals surface area contributed by atoms with Crippen LogP contribution in [0.5, 0.6) is 11.6 Å². The third-order valence-electron chi connectivity index (χ3n) is 5.77. The number of aryl methyl sites for hydroxylation is 1. The van der Waals surface area contributed by atoms with Crippen LogP contribution in [0.1, 0.15) is 43.0 Å². The summed E-state index contributed by atoms with van der Waals surface area (Å²) in [5, 5.41) is 20.5. The molecule has 1 amide bonds. The summed E-state index contributed by atoms with van der Waals surface area (Å²) < 4.78 is 11.5. The average molecular weight is 453 g/mol. The summed E-state index contributed by atoms with van der Waals surface area (Å²) >= 11 is 0. The number of carbonyl (C=O) groups is 2. The molecule has 3 aromatic rings. The molecule has 4 rings (SSSR count). The lowest BCUT2D eigenvalue weighted by molar-refractivity contribution is -0.154. The summed E-state index contributed by atoms with van der Waals surface area (Å²) in [5.74, 6) is -0.149. The Morgan fingerprint density at radius 1 is 1.18 bits per heavy atom. The van der Waals surface area contributed by atoms with Gasteiger partial charge in [0.1, 0.15) is 22.3 Å². The molecule has 2 heterocycles. The molecule has 1 fully saturated rings. The van der Waals surface area contributed by atoms with E-state index >= 15 is 0 Å². The van der Waals surface area contributed by atoms with Gasteiger partial charge in [-0.15, -0.1) is 0 Å². The Morgan fingerprint density at radius 3 is 2.70 bits per heavy atom. The van der Waals surface area contributed by atoms with Crippen molar-refractivity contribution in [3.63, 3.8) is 0 Å². The largest absolute Gasteiger partial charge is 0.479 e. The van der Waals surface area contributed by atoms with Gasteiger partial charge in [0.2, 0.25) is 5.88 Å². The molecule has 174 valence electrons. The standard InChI is InChI=1S/C23H27N5O5/c1-14(23(30)31)32-16-7-5-15(6-8-16)13-25-21(29)18-4-3-11-24-22(18)33-17-9-10-19-20(12-17)27-28(2)26-19/h3-4,9-12,14-16H,5-8,13H2,1-2H3,(H,25,29)(H,30,31)/t14-,15?,16?/m1/s1. The van der Waals surface area contributed by atoms with Crippen LogP contribution in [0.4, 0.5) is 0 Å². The van der Waals surface area contributed by atoms with Gasteiger partial charge in [0.05, 0.1) is 6.10 Å². The molecule has 10 heteroatoms. The minimum absolute atomic E-state index is 0.0481. The van der Waals surface area contributed by atoms with Crippen LogP contribution in [0.3, 0.4) is 0 Å². The summed E-state index contributed by atoms with van der Waals surface area (Å²) in [6.07, 6.45) is 4.02. The normalized spacial score (nSPS) is 19.2. The van der Waals surface area contributed by atoms with Gasteiger partial charge in [0.25, 0.3) is 5.91 Å². The molecule has 1 saturated carbocycles. The lowest BCUT2D eigenvalue weighted by atomic mass is 9.87. The Labute approximate surface area is 190 Å². The number of nitrogens with zero attached hydrogens (tertiary/aromatic N) is 4. The molecule has 0 aliphatic heterocycles. The number of carboxylic acids is 1. The molecule has 0 saturated heterocycles. The maximum absolute atomic E-state index is 12.9. The molecule has 0 unspecified atom stereocenters. The van der Waals surface area contributed by atoms with Crippen LogP contribution >= 0.6 is 0 Å². The Bertz CT molecular complexity index is 1140. The quantitative estimate of drug-likeness (QED) is 0.533. The lowest BCUT2D eigenvalue weighted by Gasteiger charge is -2.29. The van der Waals surface area contributed by atoms with E-state index in [9.17, 15) is 9.59 Å². The Balaban J connectivity index is 1.33. The van der Waals surface area contributed by atoms with Crippen molar-refractivity contribution in [2.24, 2.45) is 13.0 Å². The second kappa shape index (κ2) is 9.95. The number of aromatic nitrogens is 4. The minimum Gasteiger partial charge on any atom is -0.479 e. The van der Waals surface area contributed by atoms with E-state index in [2.05, 4.69) is 20.5 Å². The first-order chi connectivity index (χ1) is 15.9. The summed E-state index contributed by atoms with van der Waals surface area (Å²) in [6, 6.07) is 8.69. The molecule has 0 radical (unpaired) electrons. The van der Waals surface area contributed by atoms with Crippen molar-refractivity contribution >= 4 is 22.9 Å². The minimum atomic E-state index is -0.949. The van der Waals surface area contributed by atoms with Crippen LogP contribution in [-0.4, -0.2) is 55.7 Å². The number of fused-ring (bicyclic) bond motifs is 1. The first-order valence-corrected chi connectivity index (χ1v) is 11.0. The Morgan fingerprint density at radius 2 is 1.94 bits per heavy atom. The van der Waals surface area contributed by atoms with Gasteiger partial charge in [0, 0.05) is 25.9 Å². The number of carboxylic acid groups (broad SMARTS) is 1. The zero-order chi connectivity index (χ0) is 23.4. The van der Waals surface area contributed by atoms with Crippen molar-refractivity contribution in [3.8, 4) is 11.6 Å². The van der Waals surface area contributed by atoms with Crippen molar-refractivity contribution in [2.75, 3.05) is 6.54 Å². The highest BCUT2D eigenvalue weighted by atomic mass is 16.5. The number of hydrogen-bond donors (Lipinski definition) is 2. The summed E-state index contributed by atoms with van der Waals surface area (Å²) in [5.41, 5.74) is 1.79. The summed E-state index contributed by atoms with van der Waals surface area (Å²) in [6.45, 7) is 2.08. The summed E-state index contributed by atoms with van der Waals surface area (Å²) in [4.78, 5) is 29.5. The van der Waals surface area contributed by atoms with Crippen LogP contribution in [-0.2, 0) is 16.6 Å². The first kappa shape index (κ1) is 22.7. The van der Waals surface area contributed by atoms with E-state index in [-0.39, 0.29) is 17.9 Å². The molecular formula is C23H27N5O5. The van der Waals surface area contributed by atoms with E-state index in [0.29, 0.717) is 29.3 Å². The van der Waals surface area contributed by atoms with E-state index < -0.39 is 12.1 Å². The van der Waals surface area contributed by atoms with Gasteiger partial charge < -0.3 is 19.9 Å². The second-order valence-corrected chi connectivity index (χ2v) is 8.27. The van der Waals surface area contributed by atoms with Crippen LogP contribution in [0.15, 0.2) is 36.5 Å². The highest BCUT2D eigenvalue weighted by molar-refractivity contribution is 5.96. The van der Waals surface area contributed by atoms with Gasteiger partial charge in [-0.25, -0.2) is 9.78 Å². The van der Waals surface area contributed by atoms with Crippen LogP contribution in [0, 0.1) is 5.92 Å². The number of amides is 1.